The number of thiazole rings is 1. The summed E-state index contributed by atoms with van der Waals surface area (Å²) in [5.41, 5.74) is 6.34. The van der Waals surface area contributed by atoms with Crippen LogP contribution in [0.1, 0.15) is 31.9 Å². The molecule has 0 aliphatic carbocycles. The largest absolute Gasteiger partial charge is 0.426 e. The van der Waals surface area contributed by atoms with Crippen LogP contribution < -0.4 is 4.74 Å². The van der Waals surface area contributed by atoms with E-state index in [1.54, 1.807) is 11.3 Å². The molecule has 5 nitrogen and oxygen atoms in total. The van der Waals surface area contributed by atoms with Gasteiger partial charge in [0.25, 0.3) is 0 Å². The van der Waals surface area contributed by atoms with Gasteiger partial charge in [0.1, 0.15) is 10.8 Å². The Balaban J connectivity index is 1.46. The fraction of sp³-hybridized carbons (Fsp3) is 0.200. The van der Waals surface area contributed by atoms with E-state index in [0.717, 1.165) is 56.8 Å². The number of nitrogens with zero attached hydrogens (tertiary/aromatic N) is 1. The van der Waals surface area contributed by atoms with Crippen molar-refractivity contribution in [1.29, 1.82) is 0 Å². The SMILES string of the molecule is CCCCC(=O)Oc1ccc2c(-c3nc(-c4c(C)[nH]c5ccccc45)cs3)c[nH]c2c1. The summed E-state index contributed by atoms with van der Waals surface area (Å²) in [6.07, 6.45) is 4.23. The van der Waals surface area contributed by atoms with Crippen LogP contribution in [0.5, 0.6) is 5.75 Å². The molecule has 0 aliphatic heterocycles. The number of ether oxygens (including phenoxy) is 1. The molecule has 31 heavy (non-hydrogen) atoms. The van der Waals surface area contributed by atoms with Gasteiger partial charge in [0.15, 0.2) is 0 Å². The van der Waals surface area contributed by atoms with Gasteiger partial charge in [-0.1, -0.05) is 31.5 Å². The Morgan fingerprint density at radius 3 is 2.87 bits per heavy atom. The van der Waals surface area contributed by atoms with E-state index in [1.165, 1.54) is 5.39 Å². The third-order valence-corrected chi connectivity index (χ3v) is 6.38. The Bertz CT molecular complexity index is 1390. The normalized spacial score (nSPS) is 11.4. The maximum absolute atomic E-state index is 11.9. The highest BCUT2D eigenvalue weighted by Gasteiger charge is 2.16. The highest BCUT2D eigenvalue weighted by molar-refractivity contribution is 7.13. The number of hydrogen-bond donors (Lipinski definition) is 2. The van der Waals surface area contributed by atoms with E-state index in [1.807, 2.05) is 30.5 Å². The minimum atomic E-state index is -0.188. The predicted molar refractivity (Wildman–Crippen MR) is 127 cm³/mol. The lowest BCUT2D eigenvalue weighted by Crippen LogP contribution is -2.07. The van der Waals surface area contributed by atoms with Gasteiger partial charge in [-0.3, -0.25) is 4.79 Å². The molecule has 0 radical (unpaired) electrons. The molecule has 3 heterocycles. The van der Waals surface area contributed by atoms with Crippen molar-refractivity contribution < 1.29 is 9.53 Å². The van der Waals surface area contributed by atoms with E-state index >= 15 is 0 Å². The van der Waals surface area contributed by atoms with Gasteiger partial charge in [-0.15, -0.1) is 11.3 Å². The average molecular weight is 430 g/mol. The van der Waals surface area contributed by atoms with E-state index in [0.29, 0.717) is 12.2 Å². The number of fused-ring (bicyclic) bond motifs is 2. The van der Waals surface area contributed by atoms with E-state index < -0.39 is 0 Å². The Hall–Kier alpha value is -3.38. The lowest BCUT2D eigenvalue weighted by molar-refractivity contribution is -0.134. The lowest BCUT2D eigenvalue weighted by atomic mass is 10.1. The zero-order chi connectivity index (χ0) is 21.4. The zero-order valence-corrected chi connectivity index (χ0v) is 18.3. The number of aryl methyl sites for hydroxylation is 1. The Kier molecular flexibility index (Phi) is 5.08. The van der Waals surface area contributed by atoms with E-state index in [-0.39, 0.29) is 5.97 Å². The van der Waals surface area contributed by atoms with Crippen molar-refractivity contribution >= 4 is 39.1 Å². The van der Waals surface area contributed by atoms with Gasteiger partial charge in [-0.05, 0) is 31.5 Å². The summed E-state index contributed by atoms with van der Waals surface area (Å²) in [6, 6.07) is 14.0. The molecule has 0 unspecified atom stereocenters. The Labute approximate surface area is 184 Å². The summed E-state index contributed by atoms with van der Waals surface area (Å²) in [6.45, 7) is 4.15. The second-order valence-corrected chi connectivity index (χ2v) is 8.55. The maximum atomic E-state index is 11.9. The number of para-hydroxylation sites is 1. The van der Waals surface area contributed by atoms with Crippen molar-refractivity contribution in [1.82, 2.24) is 15.0 Å². The standard InChI is InChI=1S/C25H23N3O2S/c1-3-4-9-23(29)30-16-10-11-17-19(13-26-21(17)12-16)25-28-22(14-31-25)24-15(2)27-20-8-6-5-7-18(20)24/h5-8,10-14,26-27H,3-4,9H2,1-2H3. The topological polar surface area (TPSA) is 70.8 Å². The fourth-order valence-electron chi connectivity index (χ4n) is 3.97. The van der Waals surface area contributed by atoms with Crippen molar-refractivity contribution in [2.75, 3.05) is 0 Å². The highest BCUT2D eigenvalue weighted by Crippen LogP contribution is 2.37. The third-order valence-electron chi connectivity index (χ3n) is 5.50. The summed E-state index contributed by atoms with van der Waals surface area (Å²) < 4.78 is 5.47. The molecule has 156 valence electrons. The Morgan fingerprint density at radius 1 is 1.13 bits per heavy atom. The van der Waals surface area contributed by atoms with Crippen LogP contribution in [-0.4, -0.2) is 20.9 Å². The number of esters is 1. The van der Waals surface area contributed by atoms with Crippen molar-refractivity contribution in [3.63, 3.8) is 0 Å². The number of H-pyrrole nitrogens is 2. The lowest BCUT2D eigenvalue weighted by Gasteiger charge is -2.04. The molecular formula is C25H23N3O2S. The number of hydrogen-bond acceptors (Lipinski definition) is 4. The molecule has 3 aromatic heterocycles. The number of benzene rings is 2. The van der Waals surface area contributed by atoms with Gasteiger partial charge in [0, 0.05) is 62.7 Å². The molecule has 0 aliphatic rings. The second-order valence-electron chi connectivity index (χ2n) is 7.70. The van der Waals surface area contributed by atoms with E-state index in [9.17, 15) is 4.79 Å². The summed E-state index contributed by atoms with van der Waals surface area (Å²) in [4.78, 5) is 23.6. The molecule has 2 aromatic carbocycles. The summed E-state index contributed by atoms with van der Waals surface area (Å²) in [7, 11) is 0. The monoisotopic (exact) mass is 429 g/mol. The molecule has 2 N–H and O–H groups in total. The number of carbonyl (C=O) groups is 1. The minimum absolute atomic E-state index is 0.188. The van der Waals surface area contributed by atoms with Crippen LogP contribution >= 0.6 is 11.3 Å². The number of rotatable bonds is 6. The van der Waals surface area contributed by atoms with Crippen LogP contribution in [0.3, 0.4) is 0 Å². The number of aromatic nitrogens is 3. The first-order valence-electron chi connectivity index (χ1n) is 10.5. The van der Waals surface area contributed by atoms with Gasteiger partial charge in [0.05, 0.1) is 5.69 Å². The molecule has 0 bridgehead atoms. The first kappa shape index (κ1) is 19.6. The number of unbranched alkanes of at least 4 members (excludes halogenated alkanes) is 1. The molecule has 0 saturated heterocycles. The van der Waals surface area contributed by atoms with Crippen molar-refractivity contribution in [3.05, 3.63) is 59.7 Å². The zero-order valence-electron chi connectivity index (χ0n) is 17.5. The molecule has 5 aromatic rings. The molecule has 0 amide bonds. The molecule has 0 atom stereocenters. The number of nitrogens with one attached hydrogen (secondary N) is 2. The van der Waals surface area contributed by atoms with Crippen molar-refractivity contribution in [2.45, 2.75) is 33.1 Å². The molecule has 0 saturated carbocycles. The van der Waals surface area contributed by atoms with Gasteiger partial charge < -0.3 is 14.7 Å². The van der Waals surface area contributed by atoms with Gasteiger partial charge in [-0.25, -0.2) is 4.98 Å². The summed E-state index contributed by atoms with van der Waals surface area (Å²) in [5, 5.41) is 5.31. The molecule has 0 fully saturated rings. The van der Waals surface area contributed by atoms with Crippen LogP contribution in [-0.2, 0) is 4.79 Å². The highest BCUT2D eigenvalue weighted by atomic mass is 32.1. The first-order valence-corrected chi connectivity index (χ1v) is 11.4. The summed E-state index contributed by atoms with van der Waals surface area (Å²) in [5.74, 6) is 0.378. The molecule has 6 heteroatoms. The smallest absolute Gasteiger partial charge is 0.311 e. The molecule has 0 spiro atoms. The second kappa shape index (κ2) is 8.04. The van der Waals surface area contributed by atoms with Crippen LogP contribution in [0.2, 0.25) is 0 Å². The maximum Gasteiger partial charge on any atom is 0.311 e. The third kappa shape index (κ3) is 3.64. The van der Waals surface area contributed by atoms with Gasteiger partial charge in [-0.2, -0.15) is 0 Å². The van der Waals surface area contributed by atoms with E-state index in [4.69, 9.17) is 9.72 Å². The van der Waals surface area contributed by atoms with Gasteiger partial charge >= 0.3 is 5.97 Å². The number of aromatic amines is 2. The van der Waals surface area contributed by atoms with Crippen molar-refractivity contribution in [2.24, 2.45) is 0 Å². The van der Waals surface area contributed by atoms with Crippen LogP contribution in [0.25, 0.3) is 43.6 Å². The number of carbonyl (C=O) groups excluding carboxylic acids is 1. The quantitative estimate of drug-likeness (QED) is 0.229. The minimum Gasteiger partial charge on any atom is -0.426 e. The van der Waals surface area contributed by atoms with Gasteiger partial charge in [0.2, 0.25) is 0 Å². The molecule has 5 rings (SSSR count). The predicted octanol–water partition coefficient (Wildman–Crippen LogP) is 6.84. The van der Waals surface area contributed by atoms with Crippen LogP contribution in [0, 0.1) is 6.92 Å². The Morgan fingerprint density at radius 2 is 2.00 bits per heavy atom. The molecular weight excluding hydrogens is 406 g/mol. The first-order chi connectivity index (χ1) is 15.1. The van der Waals surface area contributed by atoms with Crippen molar-refractivity contribution in [3.8, 4) is 27.6 Å². The summed E-state index contributed by atoms with van der Waals surface area (Å²) >= 11 is 1.63. The van der Waals surface area contributed by atoms with Crippen LogP contribution in [0.4, 0.5) is 0 Å². The fourth-order valence-corrected chi connectivity index (χ4v) is 4.81. The average Bonchev–Trinajstić information content (AvgIpc) is 3.47. The van der Waals surface area contributed by atoms with Crippen LogP contribution in [0.15, 0.2) is 54.0 Å². The van der Waals surface area contributed by atoms with E-state index in [2.05, 4.69) is 47.4 Å².